The molecule has 132 valence electrons. The molecule has 0 bridgehead atoms. The largest absolute Gasteiger partial charge is 0.352 e. The molecule has 0 radical (unpaired) electrons. The van der Waals surface area contributed by atoms with Gasteiger partial charge >= 0.3 is 0 Å². The highest BCUT2D eigenvalue weighted by Gasteiger charge is 2.20. The third-order valence-corrected chi connectivity index (χ3v) is 4.08. The van der Waals surface area contributed by atoms with Crippen LogP contribution in [0.2, 0.25) is 0 Å². The zero-order chi connectivity index (χ0) is 15.2. The van der Waals surface area contributed by atoms with Gasteiger partial charge in [0.1, 0.15) is 12.7 Å². The summed E-state index contributed by atoms with van der Waals surface area (Å²) in [6.07, 6.45) is 5.07. The third kappa shape index (κ3) is 5.47. The number of hydrogen-bond donors (Lipinski definition) is 2. The van der Waals surface area contributed by atoms with Crippen LogP contribution in [0.5, 0.6) is 0 Å². The molecule has 3 rings (SSSR count). The highest BCUT2D eigenvalue weighted by molar-refractivity contribution is 5.85. The fraction of sp³-hybridized carbons (Fsp3) is 0.438. The minimum absolute atomic E-state index is 0. The van der Waals surface area contributed by atoms with E-state index in [0.717, 1.165) is 37.1 Å². The van der Waals surface area contributed by atoms with Crippen LogP contribution in [-0.4, -0.2) is 33.8 Å². The minimum Gasteiger partial charge on any atom is -0.352 e. The molecule has 0 unspecified atom stereocenters. The van der Waals surface area contributed by atoms with Gasteiger partial charge < -0.3 is 10.6 Å². The van der Waals surface area contributed by atoms with Gasteiger partial charge in [-0.1, -0.05) is 24.3 Å². The topological polar surface area (TPSA) is 71.8 Å². The van der Waals surface area contributed by atoms with Gasteiger partial charge in [-0.2, -0.15) is 5.10 Å². The lowest BCUT2D eigenvalue weighted by molar-refractivity contribution is -0.125. The summed E-state index contributed by atoms with van der Waals surface area (Å²) in [7, 11) is 0. The zero-order valence-corrected chi connectivity index (χ0v) is 15.0. The Bertz CT molecular complexity index is 615. The molecule has 1 saturated heterocycles. The Balaban J connectivity index is 0.00000144. The smallest absolute Gasteiger partial charge is 0.223 e. The van der Waals surface area contributed by atoms with Crippen LogP contribution in [0, 0.1) is 5.92 Å². The highest BCUT2D eigenvalue weighted by atomic mass is 35.5. The molecule has 1 aromatic heterocycles. The Morgan fingerprint density at radius 2 is 1.92 bits per heavy atom. The summed E-state index contributed by atoms with van der Waals surface area (Å²) >= 11 is 0. The van der Waals surface area contributed by atoms with Crippen LogP contribution in [0.4, 0.5) is 0 Å². The van der Waals surface area contributed by atoms with Gasteiger partial charge in [0, 0.05) is 12.5 Å². The third-order valence-electron chi connectivity index (χ3n) is 4.08. The van der Waals surface area contributed by atoms with E-state index >= 15 is 0 Å². The highest BCUT2D eigenvalue weighted by Crippen LogP contribution is 2.13. The quantitative estimate of drug-likeness (QED) is 0.840. The molecule has 8 heteroatoms. The zero-order valence-electron chi connectivity index (χ0n) is 13.4. The maximum Gasteiger partial charge on any atom is 0.223 e. The van der Waals surface area contributed by atoms with Crippen LogP contribution in [0.1, 0.15) is 24.0 Å². The number of hydrogen-bond acceptors (Lipinski definition) is 4. The SMILES string of the molecule is Cl.Cl.O=C(NCc1ccccc1Cn1cncn1)C1CCNCC1. The predicted molar refractivity (Wildman–Crippen MR) is 97.5 cm³/mol. The summed E-state index contributed by atoms with van der Waals surface area (Å²) < 4.78 is 1.79. The van der Waals surface area contributed by atoms with E-state index in [4.69, 9.17) is 0 Å². The molecule has 2 heterocycles. The van der Waals surface area contributed by atoms with E-state index < -0.39 is 0 Å². The van der Waals surface area contributed by atoms with E-state index in [1.54, 1.807) is 11.0 Å². The number of amides is 1. The van der Waals surface area contributed by atoms with Crippen molar-refractivity contribution in [1.29, 1.82) is 0 Å². The van der Waals surface area contributed by atoms with Crippen LogP contribution in [0.25, 0.3) is 0 Å². The molecule has 1 aromatic carbocycles. The second kappa shape index (κ2) is 10.3. The van der Waals surface area contributed by atoms with Gasteiger partial charge in [-0.25, -0.2) is 9.67 Å². The normalized spacial score (nSPS) is 14.3. The first-order valence-electron chi connectivity index (χ1n) is 7.70. The summed E-state index contributed by atoms with van der Waals surface area (Å²) in [4.78, 5) is 16.2. The number of aromatic nitrogens is 3. The summed E-state index contributed by atoms with van der Waals surface area (Å²) in [5.41, 5.74) is 2.28. The van der Waals surface area contributed by atoms with Crippen LogP contribution < -0.4 is 10.6 Å². The number of halogens is 2. The maximum absolute atomic E-state index is 12.2. The molecule has 0 spiro atoms. The van der Waals surface area contributed by atoms with Gasteiger partial charge in [-0.05, 0) is 37.1 Å². The maximum atomic E-state index is 12.2. The Morgan fingerprint density at radius 3 is 2.58 bits per heavy atom. The molecule has 2 N–H and O–H groups in total. The molecule has 2 aromatic rings. The first kappa shape index (κ1) is 20.4. The number of benzene rings is 1. The second-order valence-corrected chi connectivity index (χ2v) is 5.60. The van der Waals surface area contributed by atoms with E-state index in [1.165, 1.54) is 6.33 Å². The van der Waals surface area contributed by atoms with Crippen molar-refractivity contribution < 1.29 is 4.79 Å². The van der Waals surface area contributed by atoms with Crippen molar-refractivity contribution in [3.05, 3.63) is 48.0 Å². The average Bonchev–Trinajstić information content (AvgIpc) is 3.07. The fourth-order valence-electron chi connectivity index (χ4n) is 2.78. The molecule has 1 aliphatic heterocycles. The van der Waals surface area contributed by atoms with Crippen molar-refractivity contribution in [3.8, 4) is 0 Å². The van der Waals surface area contributed by atoms with Gasteiger partial charge in [0.2, 0.25) is 5.91 Å². The Morgan fingerprint density at radius 1 is 1.21 bits per heavy atom. The Labute approximate surface area is 154 Å². The molecule has 0 saturated carbocycles. The predicted octanol–water partition coefficient (Wildman–Crippen LogP) is 1.79. The number of carbonyl (C=O) groups is 1. The van der Waals surface area contributed by atoms with Crippen LogP contribution in [-0.2, 0) is 17.9 Å². The van der Waals surface area contributed by atoms with E-state index in [0.29, 0.717) is 13.1 Å². The summed E-state index contributed by atoms with van der Waals surface area (Å²) in [6, 6.07) is 8.11. The molecule has 0 aliphatic carbocycles. The van der Waals surface area contributed by atoms with Gasteiger partial charge in [0.15, 0.2) is 0 Å². The lowest BCUT2D eigenvalue weighted by atomic mass is 9.97. The van der Waals surface area contributed by atoms with Crippen molar-refractivity contribution in [2.45, 2.75) is 25.9 Å². The van der Waals surface area contributed by atoms with Crippen molar-refractivity contribution in [2.75, 3.05) is 13.1 Å². The van der Waals surface area contributed by atoms with Crippen LogP contribution >= 0.6 is 24.8 Å². The molecule has 24 heavy (non-hydrogen) atoms. The van der Waals surface area contributed by atoms with Crippen LogP contribution in [0.3, 0.4) is 0 Å². The molecule has 1 fully saturated rings. The standard InChI is InChI=1S/C16H21N5O.2ClH/c22-16(13-5-7-17-8-6-13)19-9-14-3-1-2-4-15(14)10-21-12-18-11-20-21;;/h1-4,11-13,17H,5-10H2,(H,19,22);2*1H. The van der Waals surface area contributed by atoms with Crippen molar-refractivity contribution in [1.82, 2.24) is 25.4 Å². The number of rotatable bonds is 5. The summed E-state index contributed by atoms with van der Waals surface area (Å²) in [5, 5.41) is 10.5. The molecular formula is C16H23Cl2N5O. The fourth-order valence-corrected chi connectivity index (χ4v) is 2.78. The van der Waals surface area contributed by atoms with Gasteiger partial charge in [0.05, 0.1) is 6.54 Å². The first-order valence-corrected chi connectivity index (χ1v) is 7.70. The van der Waals surface area contributed by atoms with E-state index in [2.05, 4.69) is 32.8 Å². The van der Waals surface area contributed by atoms with Gasteiger partial charge in [-0.15, -0.1) is 24.8 Å². The number of carbonyl (C=O) groups excluding carboxylic acids is 1. The van der Waals surface area contributed by atoms with E-state index in [1.807, 2.05) is 12.1 Å². The molecular weight excluding hydrogens is 349 g/mol. The van der Waals surface area contributed by atoms with Gasteiger partial charge in [0.25, 0.3) is 0 Å². The van der Waals surface area contributed by atoms with Crippen molar-refractivity contribution in [3.63, 3.8) is 0 Å². The first-order chi connectivity index (χ1) is 10.8. The number of piperidine rings is 1. The number of nitrogens with zero attached hydrogens (tertiary/aromatic N) is 3. The molecule has 1 amide bonds. The average molecular weight is 372 g/mol. The minimum atomic E-state index is 0. The van der Waals surface area contributed by atoms with Crippen molar-refractivity contribution >= 4 is 30.7 Å². The van der Waals surface area contributed by atoms with E-state index in [-0.39, 0.29) is 36.6 Å². The molecule has 1 aliphatic rings. The molecule has 6 nitrogen and oxygen atoms in total. The van der Waals surface area contributed by atoms with Crippen molar-refractivity contribution in [2.24, 2.45) is 5.92 Å². The van der Waals surface area contributed by atoms with Gasteiger partial charge in [-0.3, -0.25) is 4.79 Å². The second-order valence-electron chi connectivity index (χ2n) is 5.60. The summed E-state index contributed by atoms with van der Waals surface area (Å²) in [6.45, 7) is 3.09. The lowest BCUT2D eigenvalue weighted by Gasteiger charge is -2.22. The lowest BCUT2D eigenvalue weighted by Crippen LogP contribution is -2.38. The Hall–Kier alpha value is -1.63. The number of nitrogens with one attached hydrogen (secondary N) is 2. The van der Waals surface area contributed by atoms with Crippen LogP contribution in [0.15, 0.2) is 36.9 Å². The van der Waals surface area contributed by atoms with E-state index in [9.17, 15) is 4.79 Å². The molecule has 0 atom stereocenters. The summed E-state index contributed by atoms with van der Waals surface area (Å²) in [5.74, 6) is 0.306. The monoisotopic (exact) mass is 371 g/mol. The Kier molecular flexibility index (Phi) is 8.74.